The van der Waals surface area contributed by atoms with Gasteiger partial charge in [-0.05, 0) is 62.9 Å². The molecule has 1 unspecified atom stereocenters. The number of carbonyl (C=O) groups excluding carboxylic acids is 1. The predicted molar refractivity (Wildman–Crippen MR) is 130 cm³/mol. The summed E-state index contributed by atoms with van der Waals surface area (Å²) in [5.74, 6) is 0.518. The van der Waals surface area contributed by atoms with Crippen LogP contribution in [0.15, 0.2) is 42.6 Å². The molecule has 8 heteroatoms. The average molecular weight is 468 g/mol. The van der Waals surface area contributed by atoms with Crippen molar-refractivity contribution in [3.8, 4) is 0 Å². The molecule has 2 fully saturated rings. The molecule has 0 aliphatic carbocycles. The lowest BCUT2D eigenvalue weighted by atomic mass is 9.94. The van der Waals surface area contributed by atoms with Crippen molar-refractivity contribution in [1.82, 2.24) is 20.2 Å². The van der Waals surface area contributed by atoms with Crippen LogP contribution in [0.4, 0.5) is 9.52 Å². The van der Waals surface area contributed by atoms with E-state index in [1.165, 1.54) is 6.07 Å². The van der Waals surface area contributed by atoms with Gasteiger partial charge >= 0.3 is 0 Å². The number of halogens is 1. The number of thiazole rings is 1. The maximum Gasteiger partial charge on any atom is 0.224 e. The van der Waals surface area contributed by atoms with Crippen molar-refractivity contribution in [1.29, 1.82) is 0 Å². The Hall–Kier alpha value is -2.58. The Morgan fingerprint density at radius 2 is 1.97 bits per heavy atom. The SMILES string of the molecule is O=C(NCC1CCN(Cc2ccccc2F)CC1)C1CCCN(c2nc3cccnc3s2)C1. The monoisotopic (exact) mass is 467 g/mol. The van der Waals surface area contributed by atoms with Gasteiger partial charge in [0.2, 0.25) is 5.91 Å². The zero-order valence-corrected chi connectivity index (χ0v) is 19.6. The Bertz CT molecular complexity index is 1060. The van der Waals surface area contributed by atoms with Gasteiger partial charge in [0.05, 0.1) is 5.92 Å². The van der Waals surface area contributed by atoms with E-state index in [4.69, 9.17) is 4.98 Å². The van der Waals surface area contributed by atoms with Crippen molar-refractivity contribution in [3.63, 3.8) is 0 Å². The lowest BCUT2D eigenvalue weighted by Crippen LogP contribution is -2.45. The van der Waals surface area contributed by atoms with Gasteiger partial charge in [0.15, 0.2) is 5.13 Å². The number of carbonyl (C=O) groups is 1. The zero-order valence-electron chi connectivity index (χ0n) is 18.8. The van der Waals surface area contributed by atoms with Crippen LogP contribution in [0.3, 0.4) is 0 Å². The molecule has 1 N–H and O–H groups in total. The number of anilines is 1. The average Bonchev–Trinajstić information content (AvgIpc) is 3.29. The third-order valence-corrected chi connectivity index (χ3v) is 7.88. The number of hydrogen-bond acceptors (Lipinski definition) is 6. The number of pyridine rings is 1. The second kappa shape index (κ2) is 10.1. The zero-order chi connectivity index (χ0) is 22.6. The number of rotatable bonds is 6. The Labute approximate surface area is 197 Å². The summed E-state index contributed by atoms with van der Waals surface area (Å²) in [4.78, 5) is 27.5. The molecule has 2 aromatic heterocycles. The van der Waals surface area contributed by atoms with E-state index in [0.717, 1.165) is 72.9 Å². The summed E-state index contributed by atoms with van der Waals surface area (Å²) in [7, 11) is 0. The molecule has 3 aromatic rings. The Morgan fingerprint density at radius 3 is 2.79 bits per heavy atom. The molecular weight excluding hydrogens is 437 g/mol. The van der Waals surface area contributed by atoms with Crippen molar-refractivity contribution in [2.45, 2.75) is 32.2 Å². The molecule has 1 aromatic carbocycles. The number of nitrogens with one attached hydrogen (secondary N) is 1. The van der Waals surface area contributed by atoms with Gasteiger partial charge in [-0.2, -0.15) is 0 Å². The second-order valence-electron chi connectivity index (χ2n) is 9.17. The summed E-state index contributed by atoms with van der Waals surface area (Å²) in [5, 5.41) is 4.18. The van der Waals surface area contributed by atoms with Gasteiger partial charge in [-0.15, -0.1) is 0 Å². The first-order valence-corrected chi connectivity index (χ1v) is 12.7. The van der Waals surface area contributed by atoms with Crippen LogP contribution in [0.1, 0.15) is 31.2 Å². The second-order valence-corrected chi connectivity index (χ2v) is 10.1. The maximum absolute atomic E-state index is 13.9. The number of likely N-dealkylation sites (tertiary alicyclic amines) is 1. The van der Waals surface area contributed by atoms with Crippen LogP contribution < -0.4 is 10.2 Å². The third kappa shape index (κ3) is 5.33. The fraction of sp³-hybridized carbons (Fsp3) is 0.480. The Kier molecular flexibility index (Phi) is 6.83. The lowest BCUT2D eigenvalue weighted by Gasteiger charge is -2.34. The van der Waals surface area contributed by atoms with Crippen molar-refractivity contribution in [3.05, 3.63) is 54.0 Å². The highest BCUT2D eigenvalue weighted by atomic mass is 32.1. The molecule has 1 amide bonds. The number of aromatic nitrogens is 2. The highest BCUT2D eigenvalue weighted by Crippen LogP contribution is 2.30. The molecule has 174 valence electrons. The minimum absolute atomic E-state index is 0.000124. The molecule has 2 aliphatic rings. The first kappa shape index (κ1) is 22.2. The molecule has 33 heavy (non-hydrogen) atoms. The maximum atomic E-state index is 13.9. The van der Waals surface area contributed by atoms with Crippen LogP contribution in [0.25, 0.3) is 10.3 Å². The molecule has 6 nitrogen and oxygen atoms in total. The Morgan fingerprint density at radius 1 is 1.12 bits per heavy atom. The molecular formula is C25H30FN5OS. The van der Waals surface area contributed by atoms with Crippen LogP contribution in [0.2, 0.25) is 0 Å². The molecule has 0 saturated carbocycles. The molecule has 1 atom stereocenters. The minimum Gasteiger partial charge on any atom is -0.356 e. The summed E-state index contributed by atoms with van der Waals surface area (Å²) < 4.78 is 13.9. The fourth-order valence-corrected chi connectivity index (χ4v) is 5.81. The number of benzene rings is 1. The van der Waals surface area contributed by atoms with Gasteiger partial charge in [0.1, 0.15) is 16.2 Å². The smallest absolute Gasteiger partial charge is 0.224 e. The summed E-state index contributed by atoms with van der Waals surface area (Å²) in [6.45, 7) is 4.92. The number of amides is 1. The van der Waals surface area contributed by atoms with Crippen molar-refractivity contribution in [2.75, 3.05) is 37.6 Å². The van der Waals surface area contributed by atoms with E-state index in [9.17, 15) is 9.18 Å². The van der Waals surface area contributed by atoms with Gasteiger partial charge in [-0.1, -0.05) is 29.5 Å². The van der Waals surface area contributed by atoms with E-state index in [2.05, 4.69) is 20.1 Å². The van der Waals surface area contributed by atoms with E-state index < -0.39 is 0 Å². The minimum atomic E-state index is -0.129. The molecule has 2 saturated heterocycles. The molecule has 0 spiro atoms. The van der Waals surface area contributed by atoms with Crippen LogP contribution in [-0.4, -0.2) is 53.5 Å². The van der Waals surface area contributed by atoms with Crippen molar-refractivity contribution in [2.24, 2.45) is 11.8 Å². The van der Waals surface area contributed by atoms with Crippen molar-refractivity contribution < 1.29 is 9.18 Å². The highest BCUT2D eigenvalue weighted by molar-refractivity contribution is 7.21. The number of fused-ring (bicyclic) bond motifs is 1. The first-order valence-electron chi connectivity index (χ1n) is 11.9. The van der Waals surface area contributed by atoms with E-state index in [0.29, 0.717) is 19.0 Å². The van der Waals surface area contributed by atoms with Crippen LogP contribution in [0.5, 0.6) is 0 Å². The molecule has 0 bridgehead atoms. The fourth-order valence-electron chi connectivity index (χ4n) is 4.86. The molecule has 4 heterocycles. The largest absolute Gasteiger partial charge is 0.356 e. The molecule has 0 radical (unpaired) electrons. The lowest BCUT2D eigenvalue weighted by molar-refractivity contribution is -0.125. The standard InChI is InChI=1S/C25H30FN5OS/c26-21-7-2-1-5-19(21)16-30-13-9-18(10-14-30)15-28-23(32)20-6-4-12-31(17-20)25-29-22-8-3-11-27-24(22)33-25/h1-3,5,7-8,11,18,20H,4,6,9-10,12-17H2,(H,28,32). The van der Waals surface area contributed by atoms with Gasteiger partial charge in [-0.25, -0.2) is 14.4 Å². The van der Waals surface area contributed by atoms with Crippen LogP contribution in [-0.2, 0) is 11.3 Å². The number of hydrogen-bond donors (Lipinski definition) is 1. The number of piperidine rings is 2. The number of nitrogens with zero attached hydrogens (tertiary/aromatic N) is 4. The van der Waals surface area contributed by atoms with Gasteiger partial charge in [0, 0.05) is 37.9 Å². The van der Waals surface area contributed by atoms with Gasteiger partial charge in [-0.3, -0.25) is 9.69 Å². The third-order valence-electron chi connectivity index (χ3n) is 6.84. The summed E-state index contributed by atoms with van der Waals surface area (Å²) in [5.41, 5.74) is 1.68. The highest BCUT2D eigenvalue weighted by Gasteiger charge is 2.28. The summed E-state index contributed by atoms with van der Waals surface area (Å²) in [6.07, 6.45) is 5.78. The van der Waals surface area contributed by atoms with E-state index >= 15 is 0 Å². The molecule has 5 rings (SSSR count). The van der Waals surface area contributed by atoms with E-state index in [1.807, 2.05) is 24.3 Å². The Balaban J connectivity index is 1.08. The van der Waals surface area contributed by atoms with Crippen molar-refractivity contribution >= 4 is 32.7 Å². The predicted octanol–water partition coefficient (Wildman–Crippen LogP) is 4.08. The summed E-state index contributed by atoms with van der Waals surface area (Å²) in [6, 6.07) is 10.9. The van der Waals surface area contributed by atoms with E-state index in [1.54, 1.807) is 23.6 Å². The van der Waals surface area contributed by atoms with E-state index in [-0.39, 0.29) is 17.6 Å². The van der Waals surface area contributed by atoms with Crippen LogP contribution >= 0.6 is 11.3 Å². The quantitative estimate of drug-likeness (QED) is 0.592. The summed E-state index contributed by atoms with van der Waals surface area (Å²) >= 11 is 1.60. The normalized spacial score (nSPS) is 20.3. The van der Waals surface area contributed by atoms with Crippen LogP contribution in [0, 0.1) is 17.7 Å². The first-order chi connectivity index (χ1) is 16.2. The topological polar surface area (TPSA) is 61.4 Å². The van der Waals surface area contributed by atoms with Gasteiger partial charge < -0.3 is 10.2 Å². The molecule has 2 aliphatic heterocycles. The van der Waals surface area contributed by atoms with Gasteiger partial charge in [0.25, 0.3) is 0 Å².